The maximum absolute atomic E-state index is 8.92. The molecule has 0 aliphatic rings. The topological polar surface area (TPSA) is 20.2 Å². The van der Waals surface area contributed by atoms with Gasteiger partial charge >= 0.3 is 0 Å². The van der Waals surface area contributed by atoms with Gasteiger partial charge in [-0.1, -0.05) is 66.7 Å². The third kappa shape index (κ3) is 2.81. The first-order valence-corrected chi connectivity index (χ1v) is 5.31. The summed E-state index contributed by atoms with van der Waals surface area (Å²) in [5, 5.41) is 8.92. The molecule has 1 heteroatoms. The van der Waals surface area contributed by atoms with Crippen LogP contribution >= 0.6 is 0 Å². The molecule has 2 aromatic carbocycles. The largest absolute Gasteiger partial charge is 0.392 e. The Morgan fingerprint density at radius 3 is 1.88 bits per heavy atom. The molecule has 1 nitrogen and oxygen atoms in total. The standard InChI is InChI=1S/C15H14O/c16-12-15-10-8-14(9-11-15)7-6-13-4-2-1-3-5-13/h1-11,16H,12H2/b7-6+. The van der Waals surface area contributed by atoms with Crippen molar-refractivity contribution in [3.63, 3.8) is 0 Å². The average Bonchev–Trinajstić information content (AvgIpc) is 2.38. The molecule has 0 bridgehead atoms. The van der Waals surface area contributed by atoms with Gasteiger partial charge in [0.15, 0.2) is 0 Å². The van der Waals surface area contributed by atoms with Crippen LogP contribution in [-0.4, -0.2) is 5.11 Å². The van der Waals surface area contributed by atoms with E-state index in [1.807, 2.05) is 42.5 Å². The van der Waals surface area contributed by atoms with Gasteiger partial charge in [-0.05, 0) is 16.7 Å². The van der Waals surface area contributed by atoms with E-state index in [2.05, 4.69) is 24.3 Å². The van der Waals surface area contributed by atoms with Crippen LogP contribution in [-0.2, 0) is 6.61 Å². The second-order valence-electron chi connectivity index (χ2n) is 3.64. The summed E-state index contributed by atoms with van der Waals surface area (Å²) >= 11 is 0. The Bertz CT molecular complexity index is 455. The van der Waals surface area contributed by atoms with E-state index in [-0.39, 0.29) is 6.61 Å². The third-order valence-electron chi connectivity index (χ3n) is 2.43. The second-order valence-corrected chi connectivity index (χ2v) is 3.64. The van der Waals surface area contributed by atoms with Crippen LogP contribution in [0.5, 0.6) is 0 Å². The second kappa shape index (κ2) is 5.29. The fourth-order valence-corrected chi connectivity index (χ4v) is 1.49. The lowest BCUT2D eigenvalue weighted by atomic mass is 10.1. The SMILES string of the molecule is OCc1ccc(/C=C/c2ccccc2)cc1. The molecule has 2 rings (SSSR count). The van der Waals surface area contributed by atoms with Crippen molar-refractivity contribution in [2.45, 2.75) is 6.61 Å². The molecule has 0 aliphatic heterocycles. The highest BCUT2D eigenvalue weighted by molar-refractivity contribution is 5.69. The lowest BCUT2D eigenvalue weighted by molar-refractivity contribution is 0.282. The fraction of sp³-hybridized carbons (Fsp3) is 0.0667. The molecule has 0 radical (unpaired) electrons. The van der Waals surface area contributed by atoms with Gasteiger partial charge in [-0.25, -0.2) is 0 Å². The summed E-state index contributed by atoms with van der Waals surface area (Å²) < 4.78 is 0. The molecule has 0 aliphatic carbocycles. The average molecular weight is 210 g/mol. The van der Waals surface area contributed by atoms with Crippen LogP contribution in [0.3, 0.4) is 0 Å². The molecule has 1 N–H and O–H groups in total. The third-order valence-corrected chi connectivity index (χ3v) is 2.43. The highest BCUT2D eigenvalue weighted by atomic mass is 16.3. The zero-order chi connectivity index (χ0) is 11.2. The van der Waals surface area contributed by atoms with E-state index >= 15 is 0 Å². The molecule has 0 unspecified atom stereocenters. The van der Waals surface area contributed by atoms with Crippen LogP contribution in [0, 0.1) is 0 Å². The van der Waals surface area contributed by atoms with E-state index < -0.39 is 0 Å². The highest BCUT2D eigenvalue weighted by Gasteiger charge is 1.90. The highest BCUT2D eigenvalue weighted by Crippen LogP contribution is 2.09. The molecule has 0 amide bonds. The molecule has 2 aromatic rings. The molecule has 0 spiro atoms. The Morgan fingerprint density at radius 2 is 1.31 bits per heavy atom. The van der Waals surface area contributed by atoms with Gasteiger partial charge in [0, 0.05) is 0 Å². The summed E-state index contributed by atoms with van der Waals surface area (Å²) in [6, 6.07) is 18.1. The van der Waals surface area contributed by atoms with E-state index in [0.717, 1.165) is 11.1 Å². The Labute approximate surface area is 95.7 Å². The van der Waals surface area contributed by atoms with Crippen LogP contribution < -0.4 is 0 Å². The van der Waals surface area contributed by atoms with Crippen LogP contribution in [0.1, 0.15) is 16.7 Å². The molecular weight excluding hydrogens is 196 g/mol. The van der Waals surface area contributed by atoms with E-state index in [1.165, 1.54) is 5.56 Å². The molecule has 0 atom stereocenters. The number of rotatable bonds is 3. The van der Waals surface area contributed by atoms with Crippen LogP contribution in [0.15, 0.2) is 54.6 Å². The number of benzene rings is 2. The normalized spacial score (nSPS) is 10.8. The van der Waals surface area contributed by atoms with E-state index in [0.29, 0.717) is 0 Å². The first-order chi connectivity index (χ1) is 7.88. The van der Waals surface area contributed by atoms with E-state index in [9.17, 15) is 0 Å². The molecule has 0 aromatic heterocycles. The van der Waals surface area contributed by atoms with Crippen molar-refractivity contribution < 1.29 is 5.11 Å². The lowest BCUT2D eigenvalue weighted by Crippen LogP contribution is -1.81. The zero-order valence-corrected chi connectivity index (χ0v) is 9.01. The Kier molecular flexibility index (Phi) is 3.52. The maximum Gasteiger partial charge on any atom is 0.0681 e. The van der Waals surface area contributed by atoms with Crippen molar-refractivity contribution in [1.29, 1.82) is 0 Å². The molecule has 0 heterocycles. The lowest BCUT2D eigenvalue weighted by Gasteiger charge is -1.97. The van der Waals surface area contributed by atoms with Gasteiger partial charge in [0.05, 0.1) is 6.61 Å². The fourth-order valence-electron chi connectivity index (χ4n) is 1.49. The van der Waals surface area contributed by atoms with Gasteiger partial charge in [0.1, 0.15) is 0 Å². The number of aliphatic hydroxyl groups is 1. The first-order valence-electron chi connectivity index (χ1n) is 5.31. The molecule has 0 saturated carbocycles. The van der Waals surface area contributed by atoms with Crippen molar-refractivity contribution in [2.75, 3.05) is 0 Å². The van der Waals surface area contributed by atoms with E-state index in [4.69, 9.17) is 5.11 Å². The summed E-state index contributed by atoms with van der Waals surface area (Å²) in [5.74, 6) is 0. The van der Waals surface area contributed by atoms with Gasteiger partial charge in [-0.3, -0.25) is 0 Å². The quantitative estimate of drug-likeness (QED) is 0.770. The number of hydrogen-bond donors (Lipinski definition) is 1. The van der Waals surface area contributed by atoms with Gasteiger partial charge in [-0.2, -0.15) is 0 Å². The number of aliphatic hydroxyl groups excluding tert-OH is 1. The molecule has 80 valence electrons. The smallest absolute Gasteiger partial charge is 0.0681 e. The molecule has 0 fully saturated rings. The van der Waals surface area contributed by atoms with Crippen molar-refractivity contribution in [2.24, 2.45) is 0 Å². The predicted molar refractivity (Wildman–Crippen MR) is 67.7 cm³/mol. The summed E-state index contributed by atoms with van der Waals surface area (Å²) in [4.78, 5) is 0. The monoisotopic (exact) mass is 210 g/mol. The minimum atomic E-state index is 0.0999. The van der Waals surface area contributed by atoms with Crippen LogP contribution in [0.25, 0.3) is 12.2 Å². The van der Waals surface area contributed by atoms with Crippen LogP contribution in [0.2, 0.25) is 0 Å². The predicted octanol–water partition coefficient (Wildman–Crippen LogP) is 3.35. The van der Waals surface area contributed by atoms with E-state index in [1.54, 1.807) is 0 Å². The van der Waals surface area contributed by atoms with Gasteiger partial charge < -0.3 is 5.11 Å². The molecular formula is C15H14O. The number of hydrogen-bond acceptors (Lipinski definition) is 1. The summed E-state index contributed by atoms with van der Waals surface area (Å²) in [7, 11) is 0. The Morgan fingerprint density at radius 1 is 0.750 bits per heavy atom. The summed E-state index contributed by atoms with van der Waals surface area (Å²) in [6.07, 6.45) is 4.14. The Hall–Kier alpha value is -1.86. The Balaban J connectivity index is 2.12. The minimum Gasteiger partial charge on any atom is -0.392 e. The van der Waals surface area contributed by atoms with Crippen molar-refractivity contribution in [3.8, 4) is 0 Å². The minimum absolute atomic E-state index is 0.0999. The van der Waals surface area contributed by atoms with Crippen molar-refractivity contribution in [1.82, 2.24) is 0 Å². The summed E-state index contributed by atoms with van der Waals surface area (Å²) in [5.41, 5.74) is 3.27. The maximum atomic E-state index is 8.92. The van der Waals surface area contributed by atoms with Crippen molar-refractivity contribution >= 4 is 12.2 Å². The van der Waals surface area contributed by atoms with Crippen LogP contribution in [0.4, 0.5) is 0 Å². The molecule has 16 heavy (non-hydrogen) atoms. The van der Waals surface area contributed by atoms with Crippen molar-refractivity contribution in [3.05, 3.63) is 71.3 Å². The summed E-state index contributed by atoms with van der Waals surface area (Å²) in [6.45, 7) is 0.0999. The zero-order valence-electron chi connectivity index (χ0n) is 9.01. The first kappa shape index (κ1) is 10.7. The van der Waals surface area contributed by atoms with Gasteiger partial charge in [0.25, 0.3) is 0 Å². The van der Waals surface area contributed by atoms with Gasteiger partial charge in [0.2, 0.25) is 0 Å². The van der Waals surface area contributed by atoms with Gasteiger partial charge in [-0.15, -0.1) is 0 Å². The molecule has 0 saturated heterocycles.